The van der Waals surface area contributed by atoms with Gasteiger partial charge in [-0.15, -0.1) is 0 Å². The van der Waals surface area contributed by atoms with Crippen LogP contribution in [0.5, 0.6) is 0 Å². The van der Waals surface area contributed by atoms with Crippen molar-refractivity contribution in [2.75, 3.05) is 13.7 Å². The van der Waals surface area contributed by atoms with Gasteiger partial charge in [-0.25, -0.2) is 0 Å². The highest BCUT2D eigenvalue weighted by Crippen LogP contribution is 2.18. The molecule has 0 aromatic heterocycles. The van der Waals surface area contributed by atoms with E-state index in [9.17, 15) is 9.90 Å². The normalized spacial score (nSPS) is 28.2. The van der Waals surface area contributed by atoms with Crippen molar-refractivity contribution in [2.45, 2.75) is 51.2 Å². The van der Waals surface area contributed by atoms with Gasteiger partial charge in [-0.3, -0.25) is 4.79 Å². The van der Waals surface area contributed by atoms with E-state index in [4.69, 9.17) is 0 Å². The third-order valence-corrected chi connectivity index (χ3v) is 3.27. The standard InChI is InChI=1S/C12H23NO3/c1-9(12(15)16-2)8-13-10-6-4-3-5-7-11(10)14/h9-11,13-14H,3-8H2,1-2H3. The van der Waals surface area contributed by atoms with Crippen LogP contribution in [0.2, 0.25) is 0 Å². The third kappa shape index (κ3) is 4.10. The molecule has 16 heavy (non-hydrogen) atoms. The van der Waals surface area contributed by atoms with E-state index in [-0.39, 0.29) is 24.0 Å². The summed E-state index contributed by atoms with van der Waals surface area (Å²) in [7, 11) is 1.40. The summed E-state index contributed by atoms with van der Waals surface area (Å²) in [6.45, 7) is 2.41. The number of carbonyl (C=O) groups is 1. The average molecular weight is 229 g/mol. The number of esters is 1. The summed E-state index contributed by atoms with van der Waals surface area (Å²) in [6, 6.07) is 0.134. The summed E-state index contributed by atoms with van der Waals surface area (Å²) >= 11 is 0. The number of aliphatic hydroxyl groups is 1. The summed E-state index contributed by atoms with van der Waals surface area (Å²) < 4.78 is 4.66. The van der Waals surface area contributed by atoms with E-state index in [1.807, 2.05) is 6.92 Å². The SMILES string of the molecule is COC(=O)C(C)CNC1CCCCCC1O. The minimum atomic E-state index is -0.271. The molecule has 0 aromatic rings. The molecule has 0 saturated heterocycles. The molecule has 4 heteroatoms. The van der Waals surface area contributed by atoms with Gasteiger partial charge in [0, 0.05) is 12.6 Å². The number of rotatable bonds is 4. The Morgan fingerprint density at radius 1 is 1.44 bits per heavy atom. The van der Waals surface area contributed by atoms with Crippen molar-refractivity contribution >= 4 is 5.97 Å². The molecule has 2 N–H and O–H groups in total. The Balaban J connectivity index is 2.32. The largest absolute Gasteiger partial charge is 0.469 e. The molecular weight excluding hydrogens is 206 g/mol. The second-order valence-electron chi connectivity index (χ2n) is 4.64. The summed E-state index contributed by atoms with van der Waals surface area (Å²) in [5, 5.41) is 13.2. The lowest BCUT2D eigenvalue weighted by Gasteiger charge is -2.23. The number of hydrogen-bond donors (Lipinski definition) is 2. The summed E-state index contributed by atoms with van der Waals surface area (Å²) in [5.41, 5.74) is 0. The zero-order valence-corrected chi connectivity index (χ0v) is 10.2. The van der Waals surface area contributed by atoms with Crippen LogP contribution in [0, 0.1) is 5.92 Å². The Bertz CT molecular complexity index is 220. The van der Waals surface area contributed by atoms with Crippen LogP contribution in [0.4, 0.5) is 0 Å². The van der Waals surface area contributed by atoms with Crippen molar-refractivity contribution in [3.8, 4) is 0 Å². The van der Waals surface area contributed by atoms with Crippen molar-refractivity contribution in [2.24, 2.45) is 5.92 Å². The van der Waals surface area contributed by atoms with Gasteiger partial charge in [0.2, 0.25) is 0 Å². The fourth-order valence-corrected chi connectivity index (χ4v) is 2.14. The minimum absolute atomic E-state index is 0.134. The molecule has 0 aromatic carbocycles. The lowest BCUT2D eigenvalue weighted by atomic mass is 10.0. The van der Waals surface area contributed by atoms with Crippen LogP contribution in [0.1, 0.15) is 39.0 Å². The number of ether oxygens (including phenoxy) is 1. The van der Waals surface area contributed by atoms with Gasteiger partial charge >= 0.3 is 5.97 Å². The summed E-state index contributed by atoms with van der Waals surface area (Å²) in [5.74, 6) is -0.351. The molecule has 1 aliphatic carbocycles. The van der Waals surface area contributed by atoms with Crippen molar-refractivity contribution in [3.05, 3.63) is 0 Å². The Kier molecular flexibility index (Phi) is 5.77. The van der Waals surface area contributed by atoms with Crippen LogP contribution in [-0.4, -0.2) is 36.9 Å². The van der Waals surface area contributed by atoms with Crippen LogP contribution in [0.3, 0.4) is 0 Å². The summed E-state index contributed by atoms with van der Waals surface area (Å²) in [4.78, 5) is 11.2. The highest BCUT2D eigenvalue weighted by molar-refractivity contribution is 5.72. The van der Waals surface area contributed by atoms with Crippen LogP contribution >= 0.6 is 0 Å². The van der Waals surface area contributed by atoms with E-state index in [0.717, 1.165) is 25.7 Å². The zero-order chi connectivity index (χ0) is 12.0. The molecule has 0 aliphatic heterocycles. The number of hydrogen-bond acceptors (Lipinski definition) is 4. The Labute approximate surface area is 97.4 Å². The maximum Gasteiger partial charge on any atom is 0.309 e. The zero-order valence-electron chi connectivity index (χ0n) is 10.2. The van der Waals surface area contributed by atoms with E-state index in [1.165, 1.54) is 13.5 Å². The molecule has 3 atom stereocenters. The van der Waals surface area contributed by atoms with Gasteiger partial charge < -0.3 is 15.2 Å². The molecule has 94 valence electrons. The summed E-state index contributed by atoms with van der Waals surface area (Å²) in [6.07, 6.45) is 5.04. The quantitative estimate of drug-likeness (QED) is 0.559. The fraction of sp³-hybridized carbons (Fsp3) is 0.917. The van der Waals surface area contributed by atoms with Gasteiger partial charge in [0.15, 0.2) is 0 Å². The van der Waals surface area contributed by atoms with Crippen LogP contribution < -0.4 is 5.32 Å². The second kappa shape index (κ2) is 6.86. The highest BCUT2D eigenvalue weighted by atomic mass is 16.5. The lowest BCUT2D eigenvalue weighted by Crippen LogP contribution is -2.42. The predicted molar refractivity (Wildman–Crippen MR) is 62.1 cm³/mol. The molecule has 0 radical (unpaired) electrons. The monoisotopic (exact) mass is 229 g/mol. The van der Waals surface area contributed by atoms with Gasteiger partial charge in [0.25, 0.3) is 0 Å². The molecule has 1 saturated carbocycles. The topological polar surface area (TPSA) is 58.6 Å². The average Bonchev–Trinajstić information content (AvgIpc) is 2.50. The number of carbonyl (C=O) groups excluding carboxylic acids is 1. The smallest absolute Gasteiger partial charge is 0.309 e. The molecule has 0 bridgehead atoms. The van der Waals surface area contributed by atoms with Crippen LogP contribution in [0.25, 0.3) is 0 Å². The van der Waals surface area contributed by atoms with E-state index >= 15 is 0 Å². The van der Waals surface area contributed by atoms with E-state index in [0.29, 0.717) is 6.54 Å². The maximum absolute atomic E-state index is 11.2. The molecule has 3 unspecified atom stereocenters. The highest BCUT2D eigenvalue weighted by Gasteiger charge is 2.22. The molecule has 4 nitrogen and oxygen atoms in total. The first kappa shape index (κ1) is 13.5. The van der Waals surface area contributed by atoms with Crippen molar-refractivity contribution < 1.29 is 14.6 Å². The van der Waals surface area contributed by atoms with Gasteiger partial charge in [-0.05, 0) is 12.8 Å². The van der Waals surface area contributed by atoms with Crippen molar-refractivity contribution in [1.82, 2.24) is 5.32 Å². The first-order valence-corrected chi connectivity index (χ1v) is 6.14. The molecule has 1 aliphatic rings. The first-order chi connectivity index (χ1) is 7.65. The van der Waals surface area contributed by atoms with Crippen molar-refractivity contribution in [3.63, 3.8) is 0 Å². The van der Waals surface area contributed by atoms with Gasteiger partial charge in [0.05, 0.1) is 19.1 Å². The predicted octanol–water partition coefficient (Wildman–Crippen LogP) is 1.08. The number of nitrogens with one attached hydrogen (secondary N) is 1. The van der Waals surface area contributed by atoms with Crippen LogP contribution in [-0.2, 0) is 9.53 Å². The van der Waals surface area contributed by atoms with Crippen molar-refractivity contribution in [1.29, 1.82) is 0 Å². The molecule has 1 fully saturated rings. The second-order valence-corrected chi connectivity index (χ2v) is 4.64. The maximum atomic E-state index is 11.2. The molecular formula is C12H23NO3. The molecule has 1 rings (SSSR count). The van der Waals surface area contributed by atoms with E-state index in [2.05, 4.69) is 10.1 Å². The first-order valence-electron chi connectivity index (χ1n) is 6.14. The molecule has 0 amide bonds. The minimum Gasteiger partial charge on any atom is -0.469 e. The van der Waals surface area contributed by atoms with E-state index in [1.54, 1.807) is 0 Å². The molecule has 0 heterocycles. The van der Waals surface area contributed by atoms with E-state index < -0.39 is 0 Å². The Morgan fingerprint density at radius 3 is 2.81 bits per heavy atom. The lowest BCUT2D eigenvalue weighted by molar-refractivity contribution is -0.144. The Hall–Kier alpha value is -0.610. The Morgan fingerprint density at radius 2 is 2.12 bits per heavy atom. The third-order valence-electron chi connectivity index (χ3n) is 3.27. The fourth-order valence-electron chi connectivity index (χ4n) is 2.14. The van der Waals surface area contributed by atoms with Crippen LogP contribution in [0.15, 0.2) is 0 Å². The number of aliphatic hydroxyl groups excluding tert-OH is 1. The van der Waals surface area contributed by atoms with Gasteiger partial charge in [0.1, 0.15) is 0 Å². The number of methoxy groups -OCH3 is 1. The van der Waals surface area contributed by atoms with Gasteiger partial charge in [-0.2, -0.15) is 0 Å². The van der Waals surface area contributed by atoms with Gasteiger partial charge in [-0.1, -0.05) is 26.2 Å². The molecule has 0 spiro atoms.